The van der Waals surface area contributed by atoms with Crippen LogP contribution in [0, 0.1) is 6.92 Å². The summed E-state index contributed by atoms with van der Waals surface area (Å²) in [6.45, 7) is 2.75. The molecule has 1 aliphatic carbocycles. The van der Waals surface area contributed by atoms with E-state index in [9.17, 15) is 14.4 Å². The number of anilines is 1. The van der Waals surface area contributed by atoms with Crippen molar-refractivity contribution in [1.82, 2.24) is 15.6 Å². The Bertz CT molecular complexity index is 964. The molecule has 0 unspecified atom stereocenters. The summed E-state index contributed by atoms with van der Waals surface area (Å²) in [6.07, 6.45) is 8.48. The number of amides is 3. The second kappa shape index (κ2) is 10.6. The first kappa shape index (κ1) is 23.0. The minimum atomic E-state index is -1.17. The molecule has 2 atom stereocenters. The van der Waals surface area contributed by atoms with E-state index in [4.69, 9.17) is 9.15 Å². The molecule has 33 heavy (non-hydrogen) atoms. The van der Waals surface area contributed by atoms with Crippen molar-refractivity contribution in [1.29, 1.82) is 0 Å². The van der Waals surface area contributed by atoms with E-state index < -0.39 is 23.8 Å². The van der Waals surface area contributed by atoms with E-state index in [1.807, 2.05) is 0 Å². The van der Waals surface area contributed by atoms with Crippen molar-refractivity contribution in [2.45, 2.75) is 63.6 Å². The number of hydrogen-bond donors (Lipinski definition) is 2. The second-order valence-corrected chi connectivity index (χ2v) is 8.57. The highest BCUT2D eigenvalue weighted by molar-refractivity contribution is 6.41. The first-order chi connectivity index (χ1) is 16.0. The highest BCUT2D eigenvalue weighted by Crippen LogP contribution is 2.29. The predicted molar refractivity (Wildman–Crippen MR) is 120 cm³/mol. The number of aryl methyl sites for hydroxylation is 1. The fraction of sp³-hybridized carbons (Fsp3) is 0.500. The summed E-state index contributed by atoms with van der Waals surface area (Å²) in [5.41, 5.74) is 0.329. The Morgan fingerprint density at radius 1 is 1.15 bits per heavy atom. The van der Waals surface area contributed by atoms with Gasteiger partial charge in [0.2, 0.25) is 0 Å². The molecule has 9 nitrogen and oxygen atoms in total. The molecule has 176 valence electrons. The molecule has 4 rings (SSSR count). The van der Waals surface area contributed by atoms with Crippen molar-refractivity contribution in [3.8, 4) is 0 Å². The van der Waals surface area contributed by atoms with Gasteiger partial charge in [0.05, 0.1) is 18.0 Å². The molecule has 0 spiro atoms. The summed E-state index contributed by atoms with van der Waals surface area (Å²) in [7, 11) is 0. The Kier molecular flexibility index (Phi) is 7.39. The summed E-state index contributed by atoms with van der Waals surface area (Å²) in [5.74, 6) is -1.17. The molecule has 0 bridgehead atoms. The van der Waals surface area contributed by atoms with Crippen LogP contribution in [0.15, 0.2) is 41.1 Å². The van der Waals surface area contributed by atoms with E-state index in [2.05, 4.69) is 15.6 Å². The first-order valence-electron chi connectivity index (χ1n) is 11.5. The lowest BCUT2D eigenvalue weighted by Crippen LogP contribution is -2.51. The number of hydrogen-bond acceptors (Lipinski definition) is 6. The van der Waals surface area contributed by atoms with Crippen LogP contribution in [0.4, 0.5) is 5.69 Å². The van der Waals surface area contributed by atoms with Gasteiger partial charge in [-0.15, -0.1) is 0 Å². The van der Waals surface area contributed by atoms with E-state index >= 15 is 0 Å². The highest BCUT2D eigenvalue weighted by Gasteiger charge is 2.39. The smallest absolute Gasteiger partial charge is 0.317 e. The van der Waals surface area contributed by atoms with Gasteiger partial charge in [0, 0.05) is 25.4 Å². The van der Waals surface area contributed by atoms with Crippen molar-refractivity contribution >= 4 is 23.4 Å². The van der Waals surface area contributed by atoms with Gasteiger partial charge < -0.3 is 19.8 Å². The van der Waals surface area contributed by atoms with Crippen LogP contribution < -0.4 is 15.5 Å². The van der Waals surface area contributed by atoms with E-state index in [1.54, 1.807) is 37.4 Å². The van der Waals surface area contributed by atoms with Crippen LogP contribution in [0.3, 0.4) is 0 Å². The third-order valence-electron chi connectivity index (χ3n) is 6.09. The van der Waals surface area contributed by atoms with Gasteiger partial charge in [-0.3, -0.25) is 24.3 Å². The lowest BCUT2D eigenvalue weighted by atomic mass is 10.1. The summed E-state index contributed by atoms with van der Waals surface area (Å²) in [6, 6.07) is 5.46. The zero-order chi connectivity index (χ0) is 23.2. The topological polar surface area (TPSA) is 114 Å². The number of carbonyl (C=O) groups excluding carboxylic acids is 3. The van der Waals surface area contributed by atoms with Gasteiger partial charge in [-0.2, -0.15) is 0 Å². The molecule has 3 heterocycles. The highest BCUT2D eigenvalue weighted by atomic mass is 16.5. The van der Waals surface area contributed by atoms with Gasteiger partial charge in [0.1, 0.15) is 11.5 Å². The molecule has 2 aromatic rings. The van der Waals surface area contributed by atoms with Crippen LogP contribution in [-0.4, -0.2) is 48.0 Å². The molecule has 3 amide bonds. The standard InChI is InChI=1S/C24H30N4O5/c1-16-10-11-20(33-16)21(22(29)26-15-19-9-5-13-32-19)28(18-8-4-12-25-14-18)24(31)23(30)27-17-6-2-3-7-17/h4,8,10-12,14,17,19,21H,2-3,5-7,9,13,15H2,1H3,(H,26,29)(H,27,30)/t19-,21+/m0/s1. The van der Waals surface area contributed by atoms with E-state index in [0.717, 1.165) is 38.5 Å². The molecular weight excluding hydrogens is 424 g/mol. The van der Waals surface area contributed by atoms with Gasteiger partial charge in [0.15, 0.2) is 6.04 Å². The number of aromatic nitrogens is 1. The molecule has 1 saturated carbocycles. The van der Waals surface area contributed by atoms with Crippen molar-refractivity contribution < 1.29 is 23.5 Å². The zero-order valence-electron chi connectivity index (χ0n) is 18.8. The average molecular weight is 455 g/mol. The molecule has 2 aromatic heterocycles. The number of nitrogens with one attached hydrogen (secondary N) is 2. The summed E-state index contributed by atoms with van der Waals surface area (Å²) >= 11 is 0. The Balaban J connectivity index is 1.63. The summed E-state index contributed by atoms with van der Waals surface area (Å²) in [4.78, 5) is 45.1. The SMILES string of the molecule is Cc1ccc([C@H](C(=O)NC[C@@H]2CCCO2)N(C(=O)C(=O)NC2CCCC2)c2cccnc2)o1. The normalized spacial score (nSPS) is 19.2. The van der Waals surface area contributed by atoms with Gasteiger partial charge in [-0.1, -0.05) is 12.8 Å². The fourth-order valence-electron chi connectivity index (χ4n) is 4.40. The van der Waals surface area contributed by atoms with Crippen molar-refractivity contribution in [3.05, 3.63) is 48.2 Å². The lowest BCUT2D eigenvalue weighted by molar-refractivity contribution is -0.139. The van der Waals surface area contributed by atoms with E-state index in [0.29, 0.717) is 24.6 Å². The molecule has 1 saturated heterocycles. The number of carbonyl (C=O) groups is 3. The molecule has 2 fully saturated rings. The van der Waals surface area contributed by atoms with E-state index in [-0.39, 0.29) is 17.9 Å². The number of ether oxygens (including phenoxy) is 1. The van der Waals surface area contributed by atoms with Crippen LogP contribution >= 0.6 is 0 Å². The van der Waals surface area contributed by atoms with Gasteiger partial charge >= 0.3 is 11.8 Å². The maximum Gasteiger partial charge on any atom is 0.317 e. The predicted octanol–water partition coefficient (Wildman–Crippen LogP) is 2.41. The van der Waals surface area contributed by atoms with E-state index in [1.165, 1.54) is 11.1 Å². The average Bonchev–Trinajstić information content (AvgIpc) is 3.59. The van der Waals surface area contributed by atoms with Gasteiger partial charge in [-0.25, -0.2) is 0 Å². The van der Waals surface area contributed by atoms with Crippen LogP contribution in [0.25, 0.3) is 0 Å². The number of furan rings is 1. The lowest BCUT2D eigenvalue weighted by Gasteiger charge is -2.29. The molecule has 1 aliphatic heterocycles. The van der Waals surface area contributed by atoms with Gasteiger partial charge in [-0.05, 0) is 56.9 Å². The van der Waals surface area contributed by atoms with Crippen molar-refractivity contribution in [3.63, 3.8) is 0 Å². The van der Waals surface area contributed by atoms with Crippen molar-refractivity contribution in [2.75, 3.05) is 18.1 Å². The molecule has 2 aliphatic rings. The number of nitrogens with zero attached hydrogens (tertiary/aromatic N) is 2. The Hall–Kier alpha value is -3.20. The molecule has 9 heteroatoms. The van der Waals surface area contributed by atoms with Crippen molar-refractivity contribution in [2.24, 2.45) is 0 Å². The summed E-state index contributed by atoms with van der Waals surface area (Å²) in [5, 5.41) is 5.70. The zero-order valence-corrected chi connectivity index (χ0v) is 18.8. The second-order valence-electron chi connectivity index (χ2n) is 8.57. The molecule has 2 N–H and O–H groups in total. The maximum absolute atomic E-state index is 13.5. The minimum absolute atomic E-state index is 0.0325. The molecular formula is C24H30N4O5. The fourth-order valence-corrected chi connectivity index (χ4v) is 4.40. The Labute approximate surface area is 192 Å². The molecule has 0 radical (unpaired) electrons. The van der Waals surface area contributed by atoms with Crippen LogP contribution in [0.5, 0.6) is 0 Å². The minimum Gasteiger partial charge on any atom is -0.464 e. The van der Waals surface area contributed by atoms with Crippen LogP contribution in [0.1, 0.15) is 56.1 Å². The number of pyridine rings is 1. The third kappa shape index (κ3) is 5.60. The third-order valence-corrected chi connectivity index (χ3v) is 6.09. The van der Waals surface area contributed by atoms with Crippen LogP contribution in [0.2, 0.25) is 0 Å². The summed E-state index contributed by atoms with van der Waals surface area (Å²) < 4.78 is 11.4. The largest absolute Gasteiger partial charge is 0.464 e. The maximum atomic E-state index is 13.5. The molecule has 0 aromatic carbocycles. The van der Waals surface area contributed by atoms with Crippen LogP contribution in [-0.2, 0) is 19.1 Å². The first-order valence-corrected chi connectivity index (χ1v) is 11.5. The van der Waals surface area contributed by atoms with Gasteiger partial charge in [0.25, 0.3) is 5.91 Å². The number of rotatable bonds is 7. The monoisotopic (exact) mass is 454 g/mol. The Morgan fingerprint density at radius 3 is 2.61 bits per heavy atom. The quantitative estimate of drug-likeness (QED) is 0.621. The Morgan fingerprint density at radius 2 is 1.97 bits per heavy atom.